The number of rotatable bonds is 7. The first kappa shape index (κ1) is 13.5. The number of nitrogens with one attached hydrogen (secondary N) is 1. The molecule has 1 aromatic rings. The van der Waals surface area contributed by atoms with Gasteiger partial charge in [0.25, 0.3) is 5.91 Å². The summed E-state index contributed by atoms with van der Waals surface area (Å²) in [4.78, 5) is 11.6. The fourth-order valence-corrected chi connectivity index (χ4v) is 1.33. The Bertz CT molecular complexity index is 352. The Morgan fingerprint density at radius 2 is 2.29 bits per heavy atom. The molecular formula is C13H19NO3. The van der Waals surface area contributed by atoms with Gasteiger partial charge in [0.2, 0.25) is 0 Å². The second kappa shape index (κ2) is 7.68. The van der Waals surface area contributed by atoms with E-state index in [1.807, 2.05) is 6.07 Å². The first-order valence-electron chi connectivity index (χ1n) is 5.90. The summed E-state index contributed by atoms with van der Waals surface area (Å²) >= 11 is 0. The predicted molar refractivity (Wildman–Crippen MR) is 66.3 cm³/mol. The van der Waals surface area contributed by atoms with Crippen LogP contribution in [0.3, 0.4) is 0 Å². The van der Waals surface area contributed by atoms with Crippen LogP contribution in [0.15, 0.2) is 24.3 Å². The second-order valence-corrected chi connectivity index (χ2v) is 3.71. The van der Waals surface area contributed by atoms with E-state index in [4.69, 9.17) is 9.84 Å². The molecule has 0 aliphatic heterocycles. The molecule has 0 bridgehead atoms. The number of ether oxygens (including phenoxy) is 1. The number of hydrogen-bond donors (Lipinski definition) is 2. The Balaban J connectivity index is 2.55. The summed E-state index contributed by atoms with van der Waals surface area (Å²) in [5.41, 5.74) is 0.549. The van der Waals surface area contributed by atoms with Crippen molar-refractivity contribution in [1.29, 1.82) is 0 Å². The number of benzene rings is 1. The van der Waals surface area contributed by atoms with Crippen LogP contribution in [-0.2, 0) is 0 Å². The van der Waals surface area contributed by atoms with Crippen molar-refractivity contribution in [3.8, 4) is 5.75 Å². The Morgan fingerprint density at radius 3 is 3.00 bits per heavy atom. The third-order valence-corrected chi connectivity index (χ3v) is 2.26. The van der Waals surface area contributed by atoms with Crippen molar-refractivity contribution >= 4 is 5.91 Å². The highest BCUT2D eigenvalue weighted by atomic mass is 16.5. The maximum Gasteiger partial charge on any atom is 0.251 e. The zero-order chi connectivity index (χ0) is 12.5. The number of aliphatic hydroxyl groups excluding tert-OH is 1. The third kappa shape index (κ3) is 4.87. The lowest BCUT2D eigenvalue weighted by atomic mass is 10.2. The normalized spacial score (nSPS) is 10.0. The van der Waals surface area contributed by atoms with Gasteiger partial charge >= 0.3 is 0 Å². The molecule has 1 aromatic carbocycles. The molecule has 0 spiro atoms. The van der Waals surface area contributed by atoms with E-state index in [2.05, 4.69) is 12.2 Å². The molecule has 0 fully saturated rings. The minimum atomic E-state index is -0.194. The van der Waals surface area contributed by atoms with Crippen LogP contribution in [0.4, 0.5) is 0 Å². The third-order valence-electron chi connectivity index (χ3n) is 2.26. The molecule has 94 valence electrons. The van der Waals surface area contributed by atoms with Crippen molar-refractivity contribution in [1.82, 2.24) is 5.32 Å². The van der Waals surface area contributed by atoms with Gasteiger partial charge in [-0.3, -0.25) is 4.79 Å². The smallest absolute Gasteiger partial charge is 0.251 e. The van der Waals surface area contributed by atoms with Crippen LogP contribution in [0, 0.1) is 0 Å². The molecular weight excluding hydrogens is 218 g/mol. The first-order valence-corrected chi connectivity index (χ1v) is 5.90. The Morgan fingerprint density at radius 1 is 1.47 bits per heavy atom. The number of carbonyl (C=O) groups is 1. The van der Waals surface area contributed by atoms with Crippen molar-refractivity contribution in [2.24, 2.45) is 0 Å². The van der Waals surface area contributed by atoms with Gasteiger partial charge in [-0.25, -0.2) is 0 Å². The summed E-state index contributed by atoms with van der Waals surface area (Å²) in [6.07, 6.45) is 2.08. The molecule has 0 aliphatic rings. The van der Waals surface area contributed by atoms with Gasteiger partial charge in [-0.05, 0) is 24.6 Å². The largest absolute Gasteiger partial charge is 0.494 e. The molecule has 4 nitrogen and oxygen atoms in total. The molecule has 0 atom stereocenters. The minimum Gasteiger partial charge on any atom is -0.494 e. The highest BCUT2D eigenvalue weighted by Crippen LogP contribution is 2.13. The lowest BCUT2D eigenvalue weighted by molar-refractivity contribution is 0.0944. The highest BCUT2D eigenvalue weighted by Gasteiger charge is 2.05. The van der Waals surface area contributed by atoms with Crippen LogP contribution in [0.2, 0.25) is 0 Å². The standard InChI is InChI=1S/C13H19NO3/c1-2-3-9-17-12-6-4-5-11(10-12)13(16)14-7-8-15/h4-6,10,15H,2-3,7-9H2,1H3,(H,14,16). The average Bonchev–Trinajstić information content (AvgIpc) is 2.36. The molecule has 0 saturated carbocycles. The van der Waals surface area contributed by atoms with Crippen molar-refractivity contribution in [3.05, 3.63) is 29.8 Å². The second-order valence-electron chi connectivity index (χ2n) is 3.71. The number of carbonyl (C=O) groups excluding carboxylic acids is 1. The van der Waals surface area contributed by atoms with Crippen LogP contribution in [0.25, 0.3) is 0 Å². The molecule has 0 heterocycles. The zero-order valence-electron chi connectivity index (χ0n) is 10.1. The van der Waals surface area contributed by atoms with Crippen molar-refractivity contribution in [3.63, 3.8) is 0 Å². The van der Waals surface area contributed by atoms with Gasteiger partial charge < -0.3 is 15.2 Å². The van der Waals surface area contributed by atoms with Gasteiger partial charge in [-0.1, -0.05) is 19.4 Å². The lowest BCUT2D eigenvalue weighted by Crippen LogP contribution is -2.26. The summed E-state index contributed by atoms with van der Waals surface area (Å²) in [6, 6.07) is 7.05. The lowest BCUT2D eigenvalue weighted by Gasteiger charge is -2.07. The van der Waals surface area contributed by atoms with E-state index < -0.39 is 0 Å². The van der Waals surface area contributed by atoms with Gasteiger partial charge in [0.05, 0.1) is 13.2 Å². The summed E-state index contributed by atoms with van der Waals surface area (Å²) in [7, 11) is 0. The number of hydrogen-bond acceptors (Lipinski definition) is 3. The molecule has 0 radical (unpaired) electrons. The summed E-state index contributed by atoms with van der Waals surface area (Å²) in [5, 5.41) is 11.2. The molecule has 2 N–H and O–H groups in total. The van der Waals surface area contributed by atoms with E-state index >= 15 is 0 Å². The molecule has 0 aromatic heterocycles. The van der Waals surface area contributed by atoms with E-state index in [0.29, 0.717) is 17.9 Å². The van der Waals surface area contributed by atoms with Crippen LogP contribution in [-0.4, -0.2) is 30.8 Å². The van der Waals surface area contributed by atoms with E-state index in [0.717, 1.165) is 12.8 Å². The van der Waals surface area contributed by atoms with Gasteiger partial charge in [-0.15, -0.1) is 0 Å². The van der Waals surface area contributed by atoms with Gasteiger partial charge in [0.1, 0.15) is 5.75 Å². The van der Waals surface area contributed by atoms with E-state index in [1.165, 1.54) is 0 Å². The van der Waals surface area contributed by atoms with E-state index in [9.17, 15) is 4.79 Å². The highest BCUT2D eigenvalue weighted by molar-refractivity contribution is 5.94. The Hall–Kier alpha value is -1.55. The predicted octanol–water partition coefficient (Wildman–Crippen LogP) is 1.59. The van der Waals surface area contributed by atoms with E-state index in [-0.39, 0.29) is 19.1 Å². The molecule has 4 heteroatoms. The first-order chi connectivity index (χ1) is 8.27. The molecule has 0 unspecified atom stereocenters. The minimum absolute atomic E-state index is 0.0571. The zero-order valence-corrected chi connectivity index (χ0v) is 10.1. The number of unbranched alkanes of at least 4 members (excludes halogenated alkanes) is 1. The maximum absolute atomic E-state index is 11.6. The topological polar surface area (TPSA) is 58.6 Å². The SMILES string of the molecule is CCCCOc1cccc(C(=O)NCCO)c1. The van der Waals surface area contributed by atoms with Gasteiger partial charge in [0.15, 0.2) is 0 Å². The fourth-order valence-electron chi connectivity index (χ4n) is 1.33. The number of amides is 1. The molecule has 1 amide bonds. The van der Waals surface area contributed by atoms with Crippen LogP contribution in [0.1, 0.15) is 30.1 Å². The van der Waals surface area contributed by atoms with Crippen LogP contribution >= 0.6 is 0 Å². The van der Waals surface area contributed by atoms with E-state index in [1.54, 1.807) is 18.2 Å². The van der Waals surface area contributed by atoms with Crippen molar-refractivity contribution in [2.75, 3.05) is 19.8 Å². The fraction of sp³-hybridized carbons (Fsp3) is 0.462. The van der Waals surface area contributed by atoms with Crippen LogP contribution in [0.5, 0.6) is 5.75 Å². The van der Waals surface area contributed by atoms with Gasteiger partial charge in [-0.2, -0.15) is 0 Å². The monoisotopic (exact) mass is 237 g/mol. The van der Waals surface area contributed by atoms with Crippen LogP contribution < -0.4 is 10.1 Å². The summed E-state index contributed by atoms with van der Waals surface area (Å²) < 4.78 is 5.51. The Labute approximate surface area is 102 Å². The number of aliphatic hydroxyl groups is 1. The van der Waals surface area contributed by atoms with Gasteiger partial charge in [0, 0.05) is 12.1 Å². The quantitative estimate of drug-likeness (QED) is 0.708. The summed E-state index contributed by atoms with van der Waals surface area (Å²) in [6.45, 7) is 2.97. The molecule has 1 rings (SSSR count). The average molecular weight is 237 g/mol. The molecule has 0 saturated heterocycles. The molecule has 0 aliphatic carbocycles. The molecule has 17 heavy (non-hydrogen) atoms. The summed E-state index contributed by atoms with van der Waals surface area (Å²) in [5.74, 6) is 0.509. The maximum atomic E-state index is 11.6. The van der Waals surface area contributed by atoms with Crippen molar-refractivity contribution < 1.29 is 14.6 Å². The van der Waals surface area contributed by atoms with Crippen molar-refractivity contribution in [2.45, 2.75) is 19.8 Å². The Kier molecular flexibility index (Phi) is 6.10.